The van der Waals surface area contributed by atoms with E-state index >= 15 is 0 Å². The topological polar surface area (TPSA) is 76.7 Å². The van der Waals surface area contributed by atoms with Crippen molar-refractivity contribution in [2.45, 2.75) is 19.9 Å². The third-order valence-corrected chi connectivity index (χ3v) is 2.27. The van der Waals surface area contributed by atoms with Crippen LogP contribution in [0.5, 0.6) is 11.5 Å². The minimum Gasteiger partial charge on any atom is -0.493 e. The second-order valence-corrected chi connectivity index (χ2v) is 4.15. The van der Waals surface area contributed by atoms with Crippen molar-refractivity contribution in [3.8, 4) is 11.5 Å². The van der Waals surface area contributed by atoms with Gasteiger partial charge in [0.2, 0.25) is 0 Å². The van der Waals surface area contributed by atoms with Gasteiger partial charge in [-0.05, 0) is 26.0 Å². The number of ether oxygens (including phenoxy) is 2. The van der Waals surface area contributed by atoms with E-state index in [1.165, 1.54) is 14.2 Å². The third-order valence-electron chi connectivity index (χ3n) is 2.27. The fourth-order valence-electron chi connectivity index (χ4n) is 1.43. The van der Waals surface area contributed by atoms with Crippen LogP contribution in [0.25, 0.3) is 0 Å². The molecule has 1 aromatic rings. The van der Waals surface area contributed by atoms with Crippen molar-refractivity contribution in [1.29, 1.82) is 0 Å². The number of carbonyl (C=O) groups excluding carboxylic acids is 2. The summed E-state index contributed by atoms with van der Waals surface area (Å²) in [5.41, 5.74) is 0.460. The molecule has 0 saturated heterocycles. The Balaban J connectivity index is 2.77. The van der Waals surface area contributed by atoms with E-state index in [0.29, 0.717) is 17.2 Å². The summed E-state index contributed by atoms with van der Waals surface area (Å²) in [4.78, 5) is 23.1. The van der Waals surface area contributed by atoms with Gasteiger partial charge >= 0.3 is 11.8 Å². The zero-order valence-electron chi connectivity index (χ0n) is 11.4. The molecular formula is C13H18N2O4. The second-order valence-electron chi connectivity index (χ2n) is 4.15. The average Bonchev–Trinajstić information content (AvgIpc) is 2.37. The minimum atomic E-state index is -0.721. The van der Waals surface area contributed by atoms with Gasteiger partial charge in [-0.2, -0.15) is 0 Å². The zero-order chi connectivity index (χ0) is 14.4. The van der Waals surface area contributed by atoms with Gasteiger partial charge in [0, 0.05) is 17.8 Å². The van der Waals surface area contributed by atoms with E-state index in [-0.39, 0.29) is 6.04 Å². The van der Waals surface area contributed by atoms with Gasteiger partial charge < -0.3 is 20.1 Å². The molecule has 6 heteroatoms. The van der Waals surface area contributed by atoms with E-state index in [1.54, 1.807) is 32.0 Å². The van der Waals surface area contributed by atoms with Crippen molar-refractivity contribution >= 4 is 17.5 Å². The van der Waals surface area contributed by atoms with E-state index in [4.69, 9.17) is 9.47 Å². The predicted octanol–water partition coefficient (Wildman–Crippen LogP) is 1.17. The Morgan fingerprint density at radius 2 is 1.68 bits per heavy atom. The van der Waals surface area contributed by atoms with E-state index in [2.05, 4.69) is 10.6 Å². The van der Waals surface area contributed by atoms with Crippen LogP contribution in [0.4, 0.5) is 5.69 Å². The highest BCUT2D eigenvalue weighted by Gasteiger charge is 2.15. The lowest BCUT2D eigenvalue weighted by Crippen LogP contribution is -2.39. The summed E-state index contributed by atoms with van der Waals surface area (Å²) in [7, 11) is 3.01. The molecule has 0 aliphatic rings. The van der Waals surface area contributed by atoms with Crippen molar-refractivity contribution in [1.82, 2.24) is 5.32 Å². The Kier molecular flexibility index (Phi) is 5.17. The molecule has 0 aliphatic heterocycles. The van der Waals surface area contributed by atoms with E-state index in [1.807, 2.05) is 0 Å². The van der Waals surface area contributed by atoms with E-state index in [9.17, 15) is 9.59 Å². The van der Waals surface area contributed by atoms with Crippen LogP contribution in [0.15, 0.2) is 18.2 Å². The second kappa shape index (κ2) is 6.63. The Morgan fingerprint density at radius 3 is 2.21 bits per heavy atom. The lowest BCUT2D eigenvalue weighted by molar-refractivity contribution is -0.136. The quantitative estimate of drug-likeness (QED) is 0.802. The molecule has 0 aliphatic carbocycles. The number of amides is 2. The molecule has 0 unspecified atom stereocenters. The number of anilines is 1. The smallest absolute Gasteiger partial charge is 0.313 e. The molecule has 0 heterocycles. The average molecular weight is 266 g/mol. The maximum atomic E-state index is 11.6. The number of carbonyl (C=O) groups is 2. The first-order valence-corrected chi connectivity index (χ1v) is 5.81. The molecule has 19 heavy (non-hydrogen) atoms. The van der Waals surface area contributed by atoms with Crippen LogP contribution in [-0.4, -0.2) is 32.1 Å². The van der Waals surface area contributed by atoms with Crippen LogP contribution in [0.3, 0.4) is 0 Å². The Morgan fingerprint density at radius 1 is 1.05 bits per heavy atom. The molecule has 0 saturated carbocycles. The van der Waals surface area contributed by atoms with Gasteiger partial charge in [-0.1, -0.05) is 0 Å². The van der Waals surface area contributed by atoms with Gasteiger partial charge in [0.05, 0.1) is 14.2 Å². The van der Waals surface area contributed by atoms with E-state index in [0.717, 1.165) is 0 Å². The van der Waals surface area contributed by atoms with Gasteiger partial charge in [-0.15, -0.1) is 0 Å². The van der Waals surface area contributed by atoms with Crippen molar-refractivity contribution in [3.05, 3.63) is 18.2 Å². The molecule has 1 aromatic carbocycles. The van der Waals surface area contributed by atoms with Gasteiger partial charge in [-0.3, -0.25) is 9.59 Å². The summed E-state index contributed by atoms with van der Waals surface area (Å²) in [6.07, 6.45) is 0. The zero-order valence-corrected chi connectivity index (χ0v) is 11.4. The highest BCUT2D eigenvalue weighted by molar-refractivity contribution is 6.39. The highest BCUT2D eigenvalue weighted by Crippen LogP contribution is 2.29. The summed E-state index contributed by atoms with van der Waals surface area (Å²) < 4.78 is 10.2. The van der Waals surface area contributed by atoms with Crippen molar-refractivity contribution in [2.75, 3.05) is 19.5 Å². The molecule has 1 rings (SSSR count). The van der Waals surface area contributed by atoms with Crippen molar-refractivity contribution in [2.24, 2.45) is 0 Å². The van der Waals surface area contributed by atoms with Crippen molar-refractivity contribution < 1.29 is 19.1 Å². The number of benzene rings is 1. The van der Waals surface area contributed by atoms with Crippen LogP contribution in [0, 0.1) is 0 Å². The van der Waals surface area contributed by atoms with E-state index < -0.39 is 11.8 Å². The maximum Gasteiger partial charge on any atom is 0.313 e. The van der Waals surface area contributed by atoms with Crippen LogP contribution < -0.4 is 20.1 Å². The minimum absolute atomic E-state index is 0.0938. The van der Waals surface area contributed by atoms with Crippen LogP contribution in [0.1, 0.15) is 13.8 Å². The van der Waals surface area contributed by atoms with Gasteiger partial charge in [-0.25, -0.2) is 0 Å². The molecule has 2 amide bonds. The SMILES string of the molecule is COc1ccc(NC(=O)C(=O)NC(C)C)cc1OC. The van der Waals surface area contributed by atoms with Crippen LogP contribution >= 0.6 is 0 Å². The molecule has 0 aromatic heterocycles. The van der Waals surface area contributed by atoms with Gasteiger partial charge in [0.15, 0.2) is 11.5 Å². The standard InChI is InChI=1S/C13H18N2O4/c1-8(2)14-12(16)13(17)15-9-5-6-10(18-3)11(7-9)19-4/h5-8H,1-4H3,(H,14,16)(H,15,17). The molecule has 6 nitrogen and oxygen atoms in total. The fraction of sp³-hybridized carbons (Fsp3) is 0.385. The van der Waals surface area contributed by atoms with Crippen molar-refractivity contribution in [3.63, 3.8) is 0 Å². The number of methoxy groups -OCH3 is 2. The number of hydrogen-bond donors (Lipinski definition) is 2. The predicted molar refractivity (Wildman–Crippen MR) is 71.5 cm³/mol. The number of nitrogens with one attached hydrogen (secondary N) is 2. The summed E-state index contributed by atoms with van der Waals surface area (Å²) in [5, 5.41) is 4.99. The lowest BCUT2D eigenvalue weighted by atomic mass is 10.2. The third kappa shape index (κ3) is 4.17. The first-order chi connectivity index (χ1) is 8.97. The summed E-state index contributed by atoms with van der Waals surface area (Å²) >= 11 is 0. The summed E-state index contributed by atoms with van der Waals surface area (Å²) in [5.74, 6) is -0.373. The first kappa shape index (κ1) is 14.8. The Bertz CT molecular complexity index is 472. The Labute approximate surface area is 112 Å². The number of rotatable bonds is 4. The maximum absolute atomic E-state index is 11.6. The normalized spacial score (nSPS) is 9.95. The largest absolute Gasteiger partial charge is 0.493 e. The van der Waals surface area contributed by atoms with Crippen LogP contribution in [-0.2, 0) is 9.59 Å². The molecule has 0 spiro atoms. The molecule has 0 radical (unpaired) electrons. The summed E-state index contributed by atoms with van der Waals surface area (Å²) in [6.45, 7) is 3.56. The molecule has 2 N–H and O–H groups in total. The molecule has 0 fully saturated rings. The first-order valence-electron chi connectivity index (χ1n) is 5.81. The summed E-state index contributed by atoms with van der Waals surface area (Å²) in [6, 6.07) is 4.76. The molecule has 0 atom stereocenters. The number of hydrogen-bond acceptors (Lipinski definition) is 4. The molecule has 0 bridgehead atoms. The molecule has 104 valence electrons. The van der Waals surface area contributed by atoms with Gasteiger partial charge in [0.1, 0.15) is 0 Å². The highest BCUT2D eigenvalue weighted by atomic mass is 16.5. The monoisotopic (exact) mass is 266 g/mol. The molecular weight excluding hydrogens is 248 g/mol. The fourth-order valence-corrected chi connectivity index (χ4v) is 1.43. The van der Waals surface area contributed by atoms with Crippen LogP contribution in [0.2, 0.25) is 0 Å². The Hall–Kier alpha value is -2.24. The lowest BCUT2D eigenvalue weighted by Gasteiger charge is -2.11. The van der Waals surface area contributed by atoms with Gasteiger partial charge in [0.25, 0.3) is 0 Å².